The first-order valence-electron chi connectivity index (χ1n) is 9.15. The molecule has 4 atom stereocenters. The van der Waals surface area contributed by atoms with Crippen molar-refractivity contribution in [1.29, 1.82) is 0 Å². The molecule has 1 saturated heterocycles. The number of hydrogen-bond donors (Lipinski definition) is 1. The topological polar surface area (TPSA) is 111 Å². The monoisotopic (exact) mass is 386 g/mol. The highest BCUT2D eigenvalue weighted by Crippen LogP contribution is 2.31. The molecule has 0 spiro atoms. The Kier molecular flexibility index (Phi) is 9.20. The highest BCUT2D eigenvalue weighted by Gasteiger charge is 2.52. The van der Waals surface area contributed by atoms with E-state index in [1.54, 1.807) is 0 Å². The Bertz CT molecular complexity index is 508. The maximum absolute atomic E-state index is 11.7. The first-order valence-corrected chi connectivity index (χ1v) is 9.15. The Labute approximate surface area is 159 Å². The lowest BCUT2D eigenvalue weighted by Crippen LogP contribution is -2.48. The van der Waals surface area contributed by atoms with Crippen molar-refractivity contribution < 1.29 is 33.4 Å². The average molecular weight is 386 g/mol. The van der Waals surface area contributed by atoms with Crippen molar-refractivity contribution in [3.63, 3.8) is 0 Å². The summed E-state index contributed by atoms with van der Waals surface area (Å²) in [6.07, 6.45) is 0.171. The fraction of sp³-hybridized carbons (Fsp3) is 0.778. The van der Waals surface area contributed by atoms with Crippen LogP contribution in [0.25, 0.3) is 0 Å². The number of carbonyl (C=O) groups excluding carboxylic acids is 4. The van der Waals surface area contributed by atoms with E-state index in [0.29, 0.717) is 6.54 Å². The molecular weight excluding hydrogens is 356 g/mol. The van der Waals surface area contributed by atoms with Gasteiger partial charge in [-0.15, -0.1) is 0 Å². The maximum Gasteiger partial charge on any atom is 0.303 e. The third-order valence-corrected chi connectivity index (χ3v) is 4.33. The largest absolute Gasteiger partial charge is 0.464 e. The fourth-order valence-corrected chi connectivity index (χ4v) is 3.28. The molecule has 0 radical (unpaired) electrons. The second kappa shape index (κ2) is 10.9. The number of ether oxygens (including phenoxy) is 3. The summed E-state index contributed by atoms with van der Waals surface area (Å²) in [6, 6.07) is -0.887. The first kappa shape index (κ1) is 22.9. The average Bonchev–Trinajstić information content (AvgIpc) is 2.80. The van der Waals surface area contributed by atoms with Crippen molar-refractivity contribution in [1.82, 2.24) is 10.2 Å². The van der Waals surface area contributed by atoms with Crippen LogP contribution in [-0.2, 0) is 33.4 Å². The Hall–Kier alpha value is -2.16. The first-order chi connectivity index (χ1) is 12.7. The molecule has 1 rings (SSSR count). The Morgan fingerprint density at radius 1 is 0.889 bits per heavy atom. The number of nitrogens with zero attached hydrogens (tertiary/aromatic N) is 1. The molecule has 1 aliphatic heterocycles. The van der Waals surface area contributed by atoms with Crippen molar-refractivity contribution in [3.05, 3.63) is 0 Å². The Morgan fingerprint density at radius 2 is 1.44 bits per heavy atom. The Balaban J connectivity index is 3.22. The van der Waals surface area contributed by atoms with E-state index >= 15 is 0 Å². The van der Waals surface area contributed by atoms with E-state index in [1.165, 1.54) is 27.7 Å². The van der Waals surface area contributed by atoms with Crippen LogP contribution in [0, 0.1) is 0 Å². The molecule has 154 valence electrons. The van der Waals surface area contributed by atoms with Gasteiger partial charge in [-0.1, -0.05) is 13.3 Å². The zero-order chi connectivity index (χ0) is 20.6. The molecule has 27 heavy (non-hydrogen) atoms. The Morgan fingerprint density at radius 3 is 1.89 bits per heavy atom. The zero-order valence-electron chi connectivity index (χ0n) is 16.6. The molecule has 0 saturated carbocycles. The maximum atomic E-state index is 11.7. The minimum absolute atomic E-state index is 0.00860. The van der Waals surface area contributed by atoms with E-state index in [1.807, 2.05) is 11.8 Å². The number of rotatable bonds is 9. The van der Waals surface area contributed by atoms with Crippen LogP contribution in [0.4, 0.5) is 0 Å². The van der Waals surface area contributed by atoms with E-state index in [9.17, 15) is 19.2 Å². The summed E-state index contributed by atoms with van der Waals surface area (Å²) < 4.78 is 16.1. The molecule has 0 bridgehead atoms. The van der Waals surface area contributed by atoms with Gasteiger partial charge in [0.15, 0.2) is 12.2 Å². The summed E-state index contributed by atoms with van der Waals surface area (Å²) in [5, 5.41) is 2.74. The molecule has 9 nitrogen and oxygen atoms in total. The lowest BCUT2D eigenvalue weighted by Gasteiger charge is -2.30. The molecule has 1 N–H and O–H groups in total. The van der Waals surface area contributed by atoms with Gasteiger partial charge in [-0.2, -0.15) is 0 Å². The summed E-state index contributed by atoms with van der Waals surface area (Å²) in [5.74, 6) is -1.73. The highest BCUT2D eigenvalue weighted by molar-refractivity contribution is 5.73. The predicted molar refractivity (Wildman–Crippen MR) is 95.6 cm³/mol. The van der Waals surface area contributed by atoms with E-state index in [2.05, 4.69) is 5.32 Å². The smallest absolute Gasteiger partial charge is 0.303 e. The number of hydrogen-bond acceptors (Lipinski definition) is 8. The van der Waals surface area contributed by atoms with Gasteiger partial charge >= 0.3 is 17.9 Å². The third kappa shape index (κ3) is 7.16. The number of amides is 1. The molecular formula is C18H30N2O7. The normalized spacial score (nSPS) is 24.9. The van der Waals surface area contributed by atoms with Crippen LogP contribution in [-0.4, -0.2) is 72.7 Å². The van der Waals surface area contributed by atoms with Crippen molar-refractivity contribution >= 4 is 23.8 Å². The van der Waals surface area contributed by atoms with Gasteiger partial charge in [0.25, 0.3) is 0 Å². The van der Waals surface area contributed by atoms with Gasteiger partial charge in [0.05, 0.1) is 12.1 Å². The SMILES string of the molecule is CCCCN1[C@H](CNC(C)=O)[C@@H](OC(C)=O)[C@H](OC(C)=O)[C@H]1COC(C)=O. The second-order valence-corrected chi connectivity index (χ2v) is 6.61. The van der Waals surface area contributed by atoms with Crippen molar-refractivity contribution in [2.45, 2.75) is 71.8 Å². The van der Waals surface area contributed by atoms with Crippen molar-refractivity contribution in [3.8, 4) is 0 Å². The summed E-state index contributed by atoms with van der Waals surface area (Å²) in [7, 11) is 0. The molecule has 9 heteroatoms. The minimum atomic E-state index is -0.804. The third-order valence-electron chi connectivity index (χ3n) is 4.33. The lowest BCUT2D eigenvalue weighted by atomic mass is 10.1. The van der Waals surface area contributed by atoms with Gasteiger partial charge in [-0.05, 0) is 13.0 Å². The molecule has 1 amide bonds. The molecule has 0 aromatic heterocycles. The van der Waals surface area contributed by atoms with Crippen LogP contribution >= 0.6 is 0 Å². The van der Waals surface area contributed by atoms with Crippen LogP contribution in [0.2, 0.25) is 0 Å². The lowest BCUT2D eigenvalue weighted by molar-refractivity contribution is -0.165. The standard InChI is InChI=1S/C18H30N2O7/c1-6-7-8-20-15(9-19-11(2)21)17(26-13(4)23)18(27-14(5)24)16(20)10-25-12(3)22/h15-18H,6-10H2,1-5H3,(H,19,21)/t15-,16-,17-,18-/m1/s1. The van der Waals surface area contributed by atoms with Crippen LogP contribution in [0.5, 0.6) is 0 Å². The number of likely N-dealkylation sites (tertiary alicyclic amines) is 1. The van der Waals surface area contributed by atoms with E-state index < -0.39 is 42.2 Å². The minimum Gasteiger partial charge on any atom is -0.464 e. The molecule has 1 fully saturated rings. The number of esters is 3. The van der Waals surface area contributed by atoms with Crippen molar-refractivity contribution in [2.24, 2.45) is 0 Å². The highest BCUT2D eigenvalue weighted by atomic mass is 16.6. The summed E-state index contributed by atoms with van der Waals surface area (Å²) in [4.78, 5) is 48.0. The van der Waals surface area contributed by atoms with E-state index in [-0.39, 0.29) is 19.1 Å². The molecule has 0 aromatic carbocycles. The van der Waals surface area contributed by atoms with E-state index in [0.717, 1.165) is 12.8 Å². The van der Waals surface area contributed by atoms with Crippen LogP contribution in [0.1, 0.15) is 47.5 Å². The van der Waals surface area contributed by atoms with Crippen LogP contribution in [0.3, 0.4) is 0 Å². The summed E-state index contributed by atoms with van der Waals surface area (Å²) >= 11 is 0. The second-order valence-electron chi connectivity index (χ2n) is 6.61. The molecule has 1 heterocycles. The number of carbonyl (C=O) groups is 4. The van der Waals surface area contributed by atoms with Crippen molar-refractivity contribution in [2.75, 3.05) is 19.7 Å². The van der Waals surface area contributed by atoms with Gasteiger partial charge in [0.2, 0.25) is 5.91 Å². The number of nitrogens with one attached hydrogen (secondary N) is 1. The zero-order valence-corrected chi connectivity index (χ0v) is 16.6. The fourth-order valence-electron chi connectivity index (χ4n) is 3.28. The number of unbranched alkanes of at least 4 members (excludes halogenated alkanes) is 1. The quantitative estimate of drug-likeness (QED) is 0.448. The van der Waals surface area contributed by atoms with E-state index in [4.69, 9.17) is 14.2 Å². The molecule has 0 unspecified atom stereocenters. The van der Waals surface area contributed by atoms with Crippen LogP contribution in [0.15, 0.2) is 0 Å². The van der Waals surface area contributed by atoms with Crippen LogP contribution < -0.4 is 5.32 Å². The van der Waals surface area contributed by atoms with Gasteiger partial charge < -0.3 is 19.5 Å². The van der Waals surface area contributed by atoms with Gasteiger partial charge in [0, 0.05) is 34.2 Å². The summed E-state index contributed by atoms with van der Waals surface area (Å²) in [6.45, 7) is 8.09. The predicted octanol–water partition coefficient (Wildman–Crippen LogP) is 0.402. The van der Waals surface area contributed by atoms with Gasteiger partial charge in [-0.25, -0.2) is 0 Å². The van der Waals surface area contributed by atoms with Gasteiger partial charge in [-0.3, -0.25) is 24.1 Å². The molecule has 0 aromatic rings. The molecule has 0 aliphatic carbocycles. The summed E-state index contributed by atoms with van der Waals surface area (Å²) in [5.41, 5.74) is 0. The van der Waals surface area contributed by atoms with Gasteiger partial charge in [0.1, 0.15) is 6.61 Å². The molecule has 1 aliphatic rings.